The third-order valence-corrected chi connectivity index (χ3v) is 3.85. The summed E-state index contributed by atoms with van der Waals surface area (Å²) in [6.07, 6.45) is 0. The fraction of sp³-hybridized carbons (Fsp3) is 0.625. The van der Waals surface area contributed by atoms with Gasteiger partial charge in [-0.05, 0) is 11.5 Å². The molecule has 0 aromatic heterocycles. The van der Waals surface area contributed by atoms with Gasteiger partial charge in [-0.25, -0.2) is 0 Å². The van der Waals surface area contributed by atoms with Crippen LogP contribution in [0.4, 0.5) is 0 Å². The second-order valence-electron chi connectivity index (χ2n) is 6.48. The number of nitrogens with zero attached hydrogens (tertiary/aromatic N) is 1. The Labute approximate surface area is 121 Å². The summed E-state index contributed by atoms with van der Waals surface area (Å²) in [6, 6.07) is 5.72. The molecule has 1 atom stereocenters. The van der Waals surface area contributed by atoms with Gasteiger partial charge < -0.3 is 15.2 Å². The summed E-state index contributed by atoms with van der Waals surface area (Å²) in [7, 11) is 1.66. The number of aromatic hydroxyl groups is 1. The lowest BCUT2D eigenvalue weighted by atomic mass is 9.80. The van der Waals surface area contributed by atoms with Crippen molar-refractivity contribution in [2.45, 2.75) is 26.8 Å². The second kappa shape index (κ2) is 6.02. The lowest BCUT2D eigenvalue weighted by Crippen LogP contribution is -2.48. The summed E-state index contributed by atoms with van der Waals surface area (Å²) in [5, 5.41) is 13.1. The molecule has 2 rings (SSSR count). The van der Waals surface area contributed by atoms with Gasteiger partial charge in [-0.2, -0.15) is 0 Å². The Bertz CT molecular complexity index is 448. The van der Waals surface area contributed by atoms with Crippen molar-refractivity contribution in [2.24, 2.45) is 5.41 Å². The van der Waals surface area contributed by atoms with Crippen LogP contribution in [0.1, 0.15) is 32.4 Å². The molecule has 0 bridgehead atoms. The molecule has 0 radical (unpaired) electrons. The fourth-order valence-corrected chi connectivity index (χ4v) is 3.08. The van der Waals surface area contributed by atoms with E-state index in [1.165, 1.54) is 0 Å². The molecule has 0 unspecified atom stereocenters. The van der Waals surface area contributed by atoms with E-state index in [4.69, 9.17) is 4.74 Å². The maximum absolute atomic E-state index is 9.66. The van der Waals surface area contributed by atoms with E-state index in [1.807, 2.05) is 6.07 Å². The molecule has 4 heteroatoms. The standard InChI is InChI=1S/C16H26N2O2/c1-16(2,3)15(18-9-7-17-8-10-18)13-6-5-12(19)11-14(13)20-4/h5-6,11,15,17,19H,7-10H2,1-4H3/t15-/m0/s1. The molecule has 4 nitrogen and oxygen atoms in total. The first-order chi connectivity index (χ1) is 9.43. The summed E-state index contributed by atoms with van der Waals surface area (Å²) in [4.78, 5) is 2.51. The van der Waals surface area contributed by atoms with Crippen molar-refractivity contribution in [3.05, 3.63) is 23.8 Å². The zero-order chi connectivity index (χ0) is 14.8. The van der Waals surface area contributed by atoms with Gasteiger partial charge in [0.15, 0.2) is 0 Å². The van der Waals surface area contributed by atoms with Gasteiger partial charge >= 0.3 is 0 Å². The number of hydrogen-bond acceptors (Lipinski definition) is 4. The average Bonchev–Trinajstić information content (AvgIpc) is 2.40. The van der Waals surface area contributed by atoms with Crippen molar-refractivity contribution >= 4 is 0 Å². The molecule has 0 aliphatic carbocycles. The normalized spacial score (nSPS) is 18.8. The van der Waals surface area contributed by atoms with Gasteiger partial charge in [0.05, 0.1) is 7.11 Å². The molecule has 1 saturated heterocycles. The zero-order valence-electron chi connectivity index (χ0n) is 12.9. The Morgan fingerprint density at radius 3 is 2.45 bits per heavy atom. The average molecular weight is 278 g/mol. The van der Waals surface area contributed by atoms with E-state index in [9.17, 15) is 5.11 Å². The highest BCUT2D eigenvalue weighted by atomic mass is 16.5. The number of benzene rings is 1. The molecular weight excluding hydrogens is 252 g/mol. The van der Waals surface area contributed by atoms with Gasteiger partial charge in [0.25, 0.3) is 0 Å². The first kappa shape index (κ1) is 15.1. The molecule has 1 heterocycles. The van der Waals surface area contributed by atoms with Crippen LogP contribution in [0.5, 0.6) is 11.5 Å². The highest BCUT2D eigenvalue weighted by Crippen LogP contribution is 2.42. The maximum atomic E-state index is 9.66. The summed E-state index contributed by atoms with van der Waals surface area (Å²) in [5.74, 6) is 1.02. The first-order valence-corrected chi connectivity index (χ1v) is 7.25. The van der Waals surface area contributed by atoms with Crippen LogP contribution in [-0.4, -0.2) is 43.3 Å². The molecule has 1 aromatic carbocycles. The Kier molecular flexibility index (Phi) is 4.55. The van der Waals surface area contributed by atoms with Gasteiger partial charge in [0.1, 0.15) is 11.5 Å². The minimum atomic E-state index is 0.0988. The van der Waals surface area contributed by atoms with Gasteiger partial charge in [-0.3, -0.25) is 4.90 Å². The molecule has 0 spiro atoms. The van der Waals surface area contributed by atoms with Crippen LogP contribution < -0.4 is 10.1 Å². The number of methoxy groups -OCH3 is 1. The van der Waals surface area contributed by atoms with E-state index < -0.39 is 0 Å². The first-order valence-electron chi connectivity index (χ1n) is 7.25. The molecule has 0 saturated carbocycles. The molecule has 1 aromatic rings. The van der Waals surface area contributed by atoms with Crippen molar-refractivity contribution in [1.82, 2.24) is 10.2 Å². The number of rotatable bonds is 3. The topological polar surface area (TPSA) is 44.7 Å². The molecule has 1 fully saturated rings. The fourth-order valence-electron chi connectivity index (χ4n) is 3.08. The van der Waals surface area contributed by atoms with Crippen molar-refractivity contribution in [3.8, 4) is 11.5 Å². The lowest BCUT2D eigenvalue weighted by Gasteiger charge is -2.43. The van der Waals surface area contributed by atoms with E-state index in [0.717, 1.165) is 37.5 Å². The summed E-state index contributed by atoms with van der Waals surface area (Å²) in [6.45, 7) is 10.9. The number of nitrogens with one attached hydrogen (secondary N) is 1. The number of hydrogen-bond donors (Lipinski definition) is 2. The van der Waals surface area contributed by atoms with Crippen LogP contribution in [0.25, 0.3) is 0 Å². The van der Waals surface area contributed by atoms with Crippen LogP contribution in [-0.2, 0) is 0 Å². The van der Waals surface area contributed by atoms with Gasteiger partial charge in [-0.15, -0.1) is 0 Å². The smallest absolute Gasteiger partial charge is 0.127 e. The summed E-state index contributed by atoms with van der Waals surface area (Å²) >= 11 is 0. The Morgan fingerprint density at radius 1 is 1.25 bits per heavy atom. The highest BCUT2D eigenvalue weighted by molar-refractivity contribution is 5.42. The number of phenolic OH excluding ortho intramolecular Hbond substituents is 1. The zero-order valence-corrected chi connectivity index (χ0v) is 12.9. The van der Waals surface area contributed by atoms with Crippen LogP contribution in [0, 0.1) is 5.41 Å². The van der Waals surface area contributed by atoms with Gasteiger partial charge in [0.2, 0.25) is 0 Å². The summed E-state index contributed by atoms with van der Waals surface area (Å²) < 4.78 is 5.49. The van der Waals surface area contributed by atoms with Gasteiger partial charge in [0, 0.05) is 43.9 Å². The maximum Gasteiger partial charge on any atom is 0.127 e. The van der Waals surface area contributed by atoms with Crippen LogP contribution in [0.15, 0.2) is 18.2 Å². The predicted molar refractivity (Wildman–Crippen MR) is 81.3 cm³/mol. The molecule has 0 amide bonds. The van der Waals surface area contributed by atoms with E-state index in [1.54, 1.807) is 19.2 Å². The quantitative estimate of drug-likeness (QED) is 0.891. The minimum absolute atomic E-state index is 0.0988. The van der Waals surface area contributed by atoms with E-state index >= 15 is 0 Å². The van der Waals surface area contributed by atoms with Crippen molar-refractivity contribution < 1.29 is 9.84 Å². The van der Waals surface area contributed by atoms with E-state index in [2.05, 4.69) is 31.0 Å². The van der Waals surface area contributed by atoms with Crippen molar-refractivity contribution in [1.29, 1.82) is 0 Å². The molecular formula is C16H26N2O2. The van der Waals surface area contributed by atoms with Crippen LogP contribution in [0.3, 0.4) is 0 Å². The predicted octanol–water partition coefficient (Wildman–Crippen LogP) is 2.39. The van der Waals surface area contributed by atoms with Crippen LogP contribution >= 0.6 is 0 Å². The SMILES string of the molecule is COc1cc(O)ccc1[C@H](N1CCNCC1)C(C)(C)C. The van der Waals surface area contributed by atoms with E-state index in [0.29, 0.717) is 0 Å². The molecule has 1 aliphatic rings. The number of ether oxygens (including phenoxy) is 1. The second-order valence-corrected chi connectivity index (χ2v) is 6.48. The third kappa shape index (κ3) is 3.25. The highest BCUT2D eigenvalue weighted by Gasteiger charge is 2.34. The monoisotopic (exact) mass is 278 g/mol. The minimum Gasteiger partial charge on any atom is -0.508 e. The van der Waals surface area contributed by atoms with Crippen molar-refractivity contribution in [2.75, 3.05) is 33.3 Å². The lowest BCUT2D eigenvalue weighted by molar-refractivity contribution is 0.0841. The Hall–Kier alpha value is -1.26. The molecule has 2 N–H and O–H groups in total. The number of phenols is 1. The molecule has 1 aliphatic heterocycles. The van der Waals surface area contributed by atoms with Crippen molar-refractivity contribution in [3.63, 3.8) is 0 Å². The Balaban J connectivity index is 2.40. The summed E-state index contributed by atoms with van der Waals surface area (Å²) in [5.41, 5.74) is 1.25. The van der Waals surface area contributed by atoms with E-state index in [-0.39, 0.29) is 17.2 Å². The Morgan fingerprint density at radius 2 is 1.90 bits per heavy atom. The van der Waals surface area contributed by atoms with Gasteiger partial charge in [-0.1, -0.05) is 26.8 Å². The number of piperazine rings is 1. The molecule has 20 heavy (non-hydrogen) atoms. The largest absolute Gasteiger partial charge is 0.508 e. The molecule has 112 valence electrons. The third-order valence-electron chi connectivity index (χ3n) is 3.85. The van der Waals surface area contributed by atoms with Crippen LogP contribution in [0.2, 0.25) is 0 Å².